The van der Waals surface area contributed by atoms with Crippen LogP contribution in [0.15, 0.2) is 30.9 Å². The number of aryl methyl sites for hydroxylation is 1. The number of aromatic nitrogens is 3. The average molecular weight is 302 g/mol. The fraction of sp³-hybridized carbons (Fsp3) is 0.529. The molecule has 3 rings (SSSR count). The highest BCUT2D eigenvalue weighted by Gasteiger charge is 2.26. The van der Waals surface area contributed by atoms with Crippen LogP contribution in [0.1, 0.15) is 44.3 Å². The number of hydrogen-bond donors (Lipinski definition) is 0. The minimum Gasteiger partial charge on any atom is -0.368 e. The van der Waals surface area contributed by atoms with Crippen LogP contribution in [0, 0.1) is 5.82 Å². The zero-order valence-corrected chi connectivity index (χ0v) is 13.1. The van der Waals surface area contributed by atoms with E-state index in [1.54, 1.807) is 12.3 Å². The first kappa shape index (κ1) is 15.0. The van der Waals surface area contributed by atoms with Crippen LogP contribution in [0.5, 0.6) is 0 Å². The van der Waals surface area contributed by atoms with E-state index in [9.17, 15) is 4.39 Å². The molecule has 0 saturated carbocycles. The second kappa shape index (κ2) is 6.90. The van der Waals surface area contributed by atoms with Crippen molar-refractivity contribution in [1.29, 1.82) is 0 Å². The second-order valence-electron chi connectivity index (χ2n) is 5.94. The first-order valence-corrected chi connectivity index (χ1v) is 8.15. The summed E-state index contributed by atoms with van der Waals surface area (Å²) in [6.07, 6.45) is 11.4. The Morgan fingerprint density at radius 1 is 1.36 bits per heavy atom. The molecule has 1 atom stereocenters. The lowest BCUT2D eigenvalue weighted by molar-refractivity contribution is 0.461. The van der Waals surface area contributed by atoms with E-state index in [0.717, 1.165) is 38.3 Å². The predicted molar refractivity (Wildman–Crippen MR) is 85.5 cm³/mol. The summed E-state index contributed by atoms with van der Waals surface area (Å²) in [5, 5.41) is 0. The van der Waals surface area contributed by atoms with Gasteiger partial charge in [-0.1, -0.05) is 13.3 Å². The van der Waals surface area contributed by atoms with Crippen LogP contribution >= 0.6 is 0 Å². The third-order valence-corrected chi connectivity index (χ3v) is 4.38. The van der Waals surface area contributed by atoms with Crippen molar-refractivity contribution in [3.8, 4) is 0 Å². The lowest BCUT2D eigenvalue weighted by atomic mass is 9.96. The van der Waals surface area contributed by atoms with Crippen molar-refractivity contribution in [2.24, 2.45) is 0 Å². The molecule has 0 unspecified atom stereocenters. The van der Waals surface area contributed by atoms with Gasteiger partial charge in [-0.05, 0) is 25.3 Å². The summed E-state index contributed by atoms with van der Waals surface area (Å²) in [6, 6.07) is 1.77. The van der Waals surface area contributed by atoms with E-state index < -0.39 is 0 Å². The van der Waals surface area contributed by atoms with Gasteiger partial charge in [0.15, 0.2) is 5.82 Å². The van der Waals surface area contributed by atoms with Crippen LogP contribution in [0.4, 0.5) is 10.1 Å². The minimum absolute atomic E-state index is 0.238. The predicted octanol–water partition coefficient (Wildman–Crippen LogP) is 3.60. The molecule has 22 heavy (non-hydrogen) atoms. The van der Waals surface area contributed by atoms with Crippen molar-refractivity contribution in [3.05, 3.63) is 42.5 Å². The third kappa shape index (κ3) is 3.13. The molecule has 4 nitrogen and oxygen atoms in total. The standard InChI is InChI=1S/C17H23FN4/c1-2-3-9-21-11-8-20-17(21)14-5-4-10-22(13-14)16-6-7-19-12-15(16)18/h6-8,11-12,14H,2-5,9-10,13H2,1H3/t14-/m1/s1. The lowest BCUT2D eigenvalue weighted by Gasteiger charge is -2.34. The van der Waals surface area contributed by atoms with Gasteiger partial charge in [0.05, 0.1) is 11.9 Å². The highest BCUT2D eigenvalue weighted by molar-refractivity contribution is 5.47. The van der Waals surface area contributed by atoms with Gasteiger partial charge in [-0.2, -0.15) is 0 Å². The molecule has 0 aromatic carbocycles. The Morgan fingerprint density at radius 2 is 2.27 bits per heavy atom. The molecule has 0 bridgehead atoms. The highest BCUT2D eigenvalue weighted by atomic mass is 19.1. The van der Waals surface area contributed by atoms with E-state index in [2.05, 4.69) is 32.6 Å². The summed E-state index contributed by atoms with van der Waals surface area (Å²) in [7, 11) is 0. The van der Waals surface area contributed by atoms with E-state index >= 15 is 0 Å². The fourth-order valence-corrected chi connectivity index (χ4v) is 3.23. The topological polar surface area (TPSA) is 34.0 Å². The van der Waals surface area contributed by atoms with Gasteiger partial charge in [-0.15, -0.1) is 0 Å². The van der Waals surface area contributed by atoms with E-state index in [1.165, 1.54) is 19.0 Å². The molecule has 1 saturated heterocycles. The van der Waals surface area contributed by atoms with Crippen molar-refractivity contribution in [3.63, 3.8) is 0 Å². The van der Waals surface area contributed by atoms with Crippen LogP contribution < -0.4 is 4.90 Å². The first-order valence-electron chi connectivity index (χ1n) is 8.15. The molecule has 0 aliphatic carbocycles. The van der Waals surface area contributed by atoms with Crippen molar-refractivity contribution in [1.82, 2.24) is 14.5 Å². The molecule has 118 valence electrons. The van der Waals surface area contributed by atoms with E-state index in [-0.39, 0.29) is 5.82 Å². The summed E-state index contributed by atoms with van der Waals surface area (Å²) in [5.74, 6) is 1.28. The van der Waals surface area contributed by atoms with Gasteiger partial charge in [0.2, 0.25) is 0 Å². The van der Waals surface area contributed by atoms with E-state index in [0.29, 0.717) is 11.6 Å². The molecule has 3 heterocycles. The number of anilines is 1. The highest BCUT2D eigenvalue weighted by Crippen LogP contribution is 2.30. The van der Waals surface area contributed by atoms with Gasteiger partial charge in [0, 0.05) is 44.1 Å². The van der Waals surface area contributed by atoms with Gasteiger partial charge < -0.3 is 9.47 Å². The van der Waals surface area contributed by atoms with Crippen molar-refractivity contribution in [2.75, 3.05) is 18.0 Å². The Kier molecular flexibility index (Phi) is 4.71. The summed E-state index contributed by atoms with van der Waals surface area (Å²) in [6.45, 7) is 4.94. The SMILES string of the molecule is CCCCn1ccnc1[C@@H]1CCCN(c2ccncc2F)C1. The summed E-state index contributed by atoms with van der Waals surface area (Å²) >= 11 is 0. The Hall–Kier alpha value is -1.91. The Balaban J connectivity index is 1.76. The lowest BCUT2D eigenvalue weighted by Crippen LogP contribution is -2.36. The van der Waals surface area contributed by atoms with Crippen LogP contribution in [0.25, 0.3) is 0 Å². The average Bonchev–Trinajstić information content (AvgIpc) is 3.02. The summed E-state index contributed by atoms with van der Waals surface area (Å²) in [4.78, 5) is 10.5. The molecule has 0 radical (unpaired) electrons. The summed E-state index contributed by atoms with van der Waals surface area (Å²) < 4.78 is 16.2. The molecule has 1 aliphatic heterocycles. The molecular weight excluding hydrogens is 279 g/mol. The summed E-state index contributed by atoms with van der Waals surface area (Å²) in [5.41, 5.74) is 0.659. The number of rotatable bonds is 5. The molecule has 2 aromatic rings. The smallest absolute Gasteiger partial charge is 0.164 e. The van der Waals surface area contributed by atoms with Crippen LogP contribution in [0.2, 0.25) is 0 Å². The van der Waals surface area contributed by atoms with E-state index in [1.807, 2.05) is 6.20 Å². The largest absolute Gasteiger partial charge is 0.368 e. The number of nitrogens with zero attached hydrogens (tertiary/aromatic N) is 4. The van der Waals surface area contributed by atoms with Gasteiger partial charge in [-0.25, -0.2) is 9.37 Å². The number of unbranched alkanes of at least 4 members (excludes halogenated alkanes) is 1. The van der Waals surface area contributed by atoms with Crippen molar-refractivity contribution in [2.45, 2.75) is 45.1 Å². The van der Waals surface area contributed by atoms with Gasteiger partial charge in [-0.3, -0.25) is 4.98 Å². The van der Waals surface area contributed by atoms with Crippen molar-refractivity contribution >= 4 is 5.69 Å². The quantitative estimate of drug-likeness (QED) is 0.846. The van der Waals surface area contributed by atoms with Crippen LogP contribution in [0.3, 0.4) is 0 Å². The number of halogens is 1. The molecule has 5 heteroatoms. The second-order valence-corrected chi connectivity index (χ2v) is 5.94. The maximum atomic E-state index is 14.0. The van der Waals surface area contributed by atoms with Crippen LogP contribution in [-0.4, -0.2) is 27.6 Å². The van der Waals surface area contributed by atoms with Gasteiger partial charge in [0.25, 0.3) is 0 Å². The fourth-order valence-electron chi connectivity index (χ4n) is 3.23. The molecule has 2 aromatic heterocycles. The Labute approximate surface area is 131 Å². The molecular formula is C17H23FN4. The molecule has 0 spiro atoms. The maximum absolute atomic E-state index is 14.0. The zero-order valence-electron chi connectivity index (χ0n) is 13.1. The molecule has 1 aliphatic rings. The molecule has 0 N–H and O–H groups in total. The van der Waals surface area contributed by atoms with Crippen molar-refractivity contribution < 1.29 is 4.39 Å². The number of piperidine rings is 1. The van der Waals surface area contributed by atoms with Gasteiger partial charge in [0.1, 0.15) is 5.82 Å². The first-order chi connectivity index (χ1) is 10.8. The number of hydrogen-bond acceptors (Lipinski definition) is 3. The number of pyridine rings is 1. The van der Waals surface area contributed by atoms with E-state index in [4.69, 9.17) is 0 Å². The Bertz CT molecular complexity index is 610. The zero-order chi connectivity index (χ0) is 15.4. The molecule has 0 amide bonds. The number of imidazole rings is 1. The Morgan fingerprint density at radius 3 is 3.09 bits per heavy atom. The molecule has 1 fully saturated rings. The third-order valence-electron chi connectivity index (χ3n) is 4.38. The maximum Gasteiger partial charge on any atom is 0.164 e. The monoisotopic (exact) mass is 302 g/mol. The van der Waals surface area contributed by atoms with Crippen LogP contribution in [-0.2, 0) is 6.54 Å². The minimum atomic E-state index is -0.238. The normalized spacial score (nSPS) is 18.6. The van der Waals surface area contributed by atoms with Gasteiger partial charge >= 0.3 is 0 Å².